The molecule has 1 amide bonds. The van der Waals surface area contributed by atoms with Crippen LogP contribution in [0.5, 0.6) is 5.75 Å². The molecule has 0 bridgehead atoms. The van der Waals surface area contributed by atoms with Crippen LogP contribution in [0, 0.1) is 0 Å². The van der Waals surface area contributed by atoms with Crippen molar-refractivity contribution in [2.45, 2.75) is 39.7 Å². The second-order valence-electron chi connectivity index (χ2n) is 5.65. The van der Waals surface area contributed by atoms with Crippen molar-refractivity contribution in [3.05, 3.63) is 22.9 Å². The van der Waals surface area contributed by atoms with E-state index in [4.69, 9.17) is 9.47 Å². The average molecular weight is 359 g/mol. The maximum absolute atomic E-state index is 12.1. The molecule has 0 aliphatic rings. The van der Waals surface area contributed by atoms with E-state index in [-0.39, 0.29) is 6.09 Å². The second-order valence-corrected chi connectivity index (χ2v) is 6.57. The van der Waals surface area contributed by atoms with Gasteiger partial charge in [-0.05, 0) is 49.2 Å². The highest BCUT2D eigenvalue weighted by Gasteiger charge is 2.21. The van der Waals surface area contributed by atoms with Crippen molar-refractivity contribution in [2.75, 3.05) is 19.7 Å². The quantitative estimate of drug-likeness (QED) is 0.774. The predicted octanol–water partition coefficient (Wildman–Crippen LogP) is 3.87. The van der Waals surface area contributed by atoms with Crippen LogP contribution in [0.4, 0.5) is 4.79 Å². The number of amides is 1. The highest BCUT2D eigenvalue weighted by Crippen LogP contribution is 2.16. The SMILES string of the molecule is CCCN(CCOc1cncc(Br)c1)C(=O)OC(C)(C)C. The standard InChI is InChI=1S/C15H23BrN2O3/c1-5-6-18(14(19)21-15(2,3)4)7-8-20-13-9-12(16)10-17-11-13/h9-11H,5-8H2,1-4H3. The molecule has 0 saturated heterocycles. The summed E-state index contributed by atoms with van der Waals surface area (Å²) in [6.07, 6.45) is 3.90. The lowest BCUT2D eigenvalue weighted by molar-refractivity contribution is 0.0226. The van der Waals surface area contributed by atoms with Gasteiger partial charge in [0.05, 0.1) is 12.7 Å². The molecule has 0 aromatic carbocycles. The zero-order chi connectivity index (χ0) is 15.9. The van der Waals surface area contributed by atoms with Crippen molar-refractivity contribution < 1.29 is 14.3 Å². The minimum Gasteiger partial charge on any atom is -0.490 e. The largest absolute Gasteiger partial charge is 0.490 e. The predicted molar refractivity (Wildman–Crippen MR) is 85.5 cm³/mol. The molecule has 1 heterocycles. The Labute approximate surface area is 134 Å². The van der Waals surface area contributed by atoms with Crippen LogP contribution in [0.2, 0.25) is 0 Å². The molecular formula is C15H23BrN2O3. The van der Waals surface area contributed by atoms with Gasteiger partial charge in [-0.3, -0.25) is 4.98 Å². The lowest BCUT2D eigenvalue weighted by atomic mass is 10.2. The van der Waals surface area contributed by atoms with Crippen LogP contribution < -0.4 is 4.74 Å². The fraction of sp³-hybridized carbons (Fsp3) is 0.600. The maximum Gasteiger partial charge on any atom is 0.410 e. The van der Waals surface area contributed by atoms with Crippen LogP contribution in [0.1, 0.15) is 34.1 Å². The summed E-state index contributed by atoms with van der Waals surface area (Å²) in [5.74, 6) is 0.671. The van der Waals surface area contributed by atoms with Crippen molar-refractivity contribution >= 4 is 22.0 Å². The maximum atomic E-state index is 12.1. The molecule has 0 unspecified atom stereocenters. The summed E-state index contributed by atoms with van der Waals surface area (Å²) in [5, 5.41) is 0. The Kier molecular flexibility index (Phi) is 6.95. The molecular weight excluding hydrogens is 336 g/mol. The Bertz CT molecular complexity index is 460. The third-order valence-corrected chi connectivity index (χ3v) is 2.89. The van der Waals surface area contributed by atoms with Gasteiger partial charge in [0.1, 0.15) is 18.0 Å². The summed E-state index contributed by atoms with van der Waals surface area (Å²) in [5.41, 5.74) is -0.488. The summed E-state index contributed by atoms with van der Waals surface area (Å²) in [4.78, 5) is 17.8. The van der Waals surface area contributed by atoms with E-state index in [0.717, 1.165) is 10.9 Å². The molecule has 0 N–H and O–H groups in total. The van der Waals surface area contributed by atoms with Gasteiger partial charge in [0.25, 0.3) is 0 Å². The Balaban J connectivity index is 2.49. The molecule has 0 spiro atoms. The normalized spacial score (nSPS) is 11.1. The summed E-state index contributed by atoms with van der Waals surface area (Å²) >= 11 is 3.34. The minimum atomic E-state index is -0.488. The average Bonchev–Trinajstić information content (AvgIpc) is 2.35. The zero-order valence-corrected chi connectivity index (χ0v) is 14.6. The topological polar surface area (TPSA) is 51.7 Å². The summed E-state index contributed by atoms with van der Waals surface area (Å²) < 4.78 is 11.8. The van der Waals surface area contributed by atoms with Crippen molar-refractivity contribution in [1.29, 1.82) is 0 Å². The summed E-state index contributed by atoms with van der Waals surface area (Å²) in [7, 11) is 0. The number of carbonyl (C=O) groups is 1. The molecule has 0 fully saturated rings. The van der Waals surface area contributed by atoms with Crippen LogP contribution in [-0.4, -0.2) is 41.3 Å². The van der Waals surface area contributed by atoms with Gasteiger partial charge in [-0.1, -0.05) is 6.92 Å². The van der Waals surface area contributed by atoms with Gasteiger partial charge in [0.2, 0.25) is 0 Å². The van der Waals surface area contributed by atoms with Gasteiger partial charge in [-0.15, -0.1) is 0 Å². The first-order chi connectivity index (χ1) is 9.81. The fourth-order valence-corrected chi connectivity index (χ4v) is 1.98. The van der Waals surface area contributed by atoms with Gasteiger partial charge in [0, 0.05) is 17.2 Å². The molecule has 118 valence electrons. The minimum absolute atomic E-state index is 0.305. The first kappa shape index (κ1) is 17.8. The molecule has 5 nitrogen and oxygen atoms in total. The number of rotatable bonds is 6. The van der Waals surface area contributed by atoms with Gasteiger partial charge in [0.15, 0.2) is 0 Å². The molecule has 6 heteroatoms. The van der Waals surface area contributed by atoms with Crippen molar-refractivity contribution in [2.24, 2.45) is 0 Å². The number of pyridine rings is 1. The fourth-order valence-electron chi connectivity index (χ4n) is 1.64. The Morgan fingerprint density at radius 1 is 1.33 bits per heavy atom. The van der Waals surface area contributed by atoms with Crippen LogP contribution in [0.3, 0.4) is 0 Å². The zero-order valence-electron chi connectivity index (χ0n) is 13.1. The second kappa shape index (κ2) is 8.22. The highest BCUT2D eigenvalue weighted by atomic mass is 79.9. The third kappa shape index (κ3) is 7.32. The van der Waals surface area contributed by atoms with Gasteiger partial charge in [-0.25, -0.2) is 4.79 Å². The molecule has 1 aromatic rings. The van der Waals surface area contributed by atoms with Crippen LogP contribution in [-0.2, 0) is 4.74 Å². The number of carbonyl (C=O) groups excluding carboxylic acids is 1. The van der Waals surface area contributed by atoms with E-state index < -0.39 is 5.60 Å². The lowest BCUT2D eigenvalue weighted by Crippen LogP contribution is -2.39. The van der Waals surface area contributed by atoms with E-state index in [1.165, 1.54) is 0 Å². The monoisotopic (exact) mass is 358 g/mol. The highest BCUT2D eigenvalue weighted by molar-refractivity contribution is 9.10. The molecule has 0 atom stereocenters. The smallest absolute Gasteiger partial charge is 0.410 e. The Hall–Kier alpha value is -1.30. The van der Waals surface area contributed by atoms with Crippen LogP contribution in [0.15, 0.2) is 22.9 Å². The molecule has 1 aromatic heterocycles. The number of hydrogen-bond acceptors (Lipinski definition) is 4. The first-order valence-corrected chi connectivity index (χ1v) is 7.82. The molecule has 0 aliphatic heterocycles. The van der Waals surface area contributed by atoms with E-state index in [9.17, 15) is 4.79 Å². The number of ether oxygens (including phenoxy) is 2. The van der Waals surface area contributed by atoms with Gasteiger partial charge in [-0.2, -0.15) is 0 Å². The molecule has 1 rings (SSSR count). The number of aromatic nitrogens is 1. The van der Waals surface area contributed by atoms with Gasteiger partial charge >= 0.3 is 6.09 Å². The van der Waals surface area contributed by atoms with E-state index in [0.29, 0.717) is 25.4 Å². The Morgan fingerprint density at radius 3 is 2.62 bits per heavy atom. The number of halogens is 1. The molecule has 0 saturated carbocycles. The van der Waals surface area contributed by atoms with E-state index in [2.05, 4.69) is 20.9 Å². The first-order valence-electron chi connectivity index (χ1n) is 7.03. The third-order valence-electron chi connectivity index (χ3n) is 2.45. The number of nitrogens with zero attached hydrogens (tertiary/aromatic N) is 2. The van der Waals surface area contributed by atoms with Crippen LogP contribution in [0.25, 0.3) is 0 Å². The van der Waals surface area contributed by atoms with E-state index in [1.54, 1.807) is 17.3 Å². The molecule has 0 radical (unpaired) electrons. The van der Waals surface area contributed by atoms with E-state index >= 15 is 0 Å². The summed E-state index contributed by atoms with van der Waals surface area (Å²) in [6.45, 7) is 9.13. The number of hydrogen-bond donors (Lipinski definition) is 0. The molecule has 0 aliphatic carbocycles. The molecule has 21 heavy (non-hydrogen) atoms. The summed E-state index contributed by atoms with van der Waals surface area (Å²) in [6, 6.07) is 1.84. The van der Waals surface area contributed by atoms with Crippen molar-refractivity contribution in [3.63, 3.8) is 0 Å². The van der Waals surface area contributed by atoms with Gasteiger partial charge < -0.3 is 14.4 Å². The van der Waals surface area contributed by atoms with E-state index in [1.807, 2.05) is 33.8 Å². The van der Waals surface area contributed by atoms with Crippen LogP contribution >= 0.6 is 15.9 Å². The van der Waals surface area contributed by atoms with Crippen molar-refractivity contribution in [3.8, 4) is 5.75 Å². The van der Waals surface area contributed by atoms with Crippen molar-refractivity contribution in [1.82, 2.24) is 9.88 Å². The lowest BCUT2D eigenvalue weighted by Gasteiger charge is -2.27. The Morgan fingerprint density at radius 2 is 2.05 bits per heavy atom.